The molecule has 0 radical (unpaired) electrons. The van der Waals surface area contributed by atoms with E-state index in [-0.39, 0.29) is 15.6 Å². The van der Waals surface area contributed by atoms with Gasteiger partial charge in [-0.3, -0.25) is 14.8 Å². The first-order valence-corrected chi connectivity index (χ1v) is 7.76. The van der Waals surface area contributed by atoms with Crippen molar-refractivity contribution in [1.29, 1.82) is 0 Å². The summed E-state index contributed by atoms with van der Waals surface area (Å²) in [5, 5.41) is 11.5. The molecule has 2 rings (SSSR count). The molecule has 0 spiro atoms. The van der Waals surface area contributed by atoms with Crippen LogP contribution in [0.1, 0.15) is 0 Å². The Bertz CT molecular complexity index is 791. The van der Waals surface area contributed by atoms with Gasteiger partial charge in [-0.25, -0.2) is 8.42 Å². The van der Waals surface area contributed by atoms with E-state index in [2.05, 4.69) is 4.72 Å². The molecular formula is C12H8Cl2N2O4S. The number of anilines is 1. The quantitative estimate of drug-likeness (QED) is 0.674. The number of benzene rings is 2. The Morgan fingerprint density at radius 1 is 1.00 bits per heavy atom. The number of hydrogen-bond acceptors (Lipinski definition) is 4. The largest absolute Gasteiger partial charge is 0.294 e. The first-order chi connectivity index (χ1) is 9.79. The van der Waals surface area contributed by atoms with E-state index in [0.29, 0.717) is 5.02 Å². The highest BCUT2D eigenvalue weighted by Gasteiger charge is 2.21. The molecule has 2 aromatic rings. The van der Waals surface area contributed by atoms with E-state index in [9.17, 15) is 18.5 Å². The van der Waals surface area contributed by atoms with E-state index in [0.717, 1.165) is 6.07 Å². The SMILES string of the molecule is O=[N+]([O-])c1cc(Cl)ccc1NS(=O)(=O)c1ccc(Cl)cc1. The maximum Gasteiger partial charge on any atom is 0.294 e. The van der Waals surface area contributed by atoms with Crippen LogP contribution < -0.4 is 4.72 Å². The molecule has 0 saturated heterocycles. The fraction of sp³-hybridized carbons (Fsp3) is 0. The lowest BCUT2D eigenvalue weighted by Crippen LogP contribution is -2.14. The van der Waals surface area contributed by atoms with Crippen molar-refractivity contribution in [3.8, 4) is 0 Å². The van der Waals surface area contributed by atoms with Gasteiger partial charge in [0.15, 0.2) is 0 Å². The van der Waals surface area contributed by atoms with Crippen LogP contribution in [0.25, 0.3) is 0 Å². The minimum absolute atomic E-state index is 0.0591. The second-order valence-electron chi connectivity index (χ2n) is 3.98. The molecule has 110 valence electrons. The van der Waals surface area contributed by atoms with E-state index in [1.165, 1.54) is 36.4 Å². The average Bonchev–Trinajstić information content (AvgIpc) is 2.41. The summed E-state index contributed by atoms with van der Waals surface area (Å²) >= 11 is 11.4. The van der Waals surface area contributed by atoms with E-state index in [1.54, 1.807) is 0 Å². The van der Waals surface area contributed by atoms with Gasteiger partial charge in [0.1, 0.15) is 5.69 Å². The Kier molecular flexibility index (Phi) is 4.36. The molecule has 0 aromatic heterocycles. The van der Waals surface area contributed by atoms with Crippen molar-refractivity contribution >= 4 is 44.6 Å². The van der Waals surface area contributed by atoms with Crippen LogP contribution in [0.2, 0.25) is 10.0 Å². The molecule has 9 heteroatoms. The number of nitrogens with one attached hydrogen (secondary N) is 1. The molecule has 0 amide bonds. The lowest BCUT2D eigenvalue weighted by Gasteiger charge is -2.08. The second kappa shape index (κ2) is 5.88. The summed E-state index contributed by atoms with van der Waals surface area (Å²) in [6.45, 7) is 0. The van der Waals surface area contributed by atoms with E-state index in [4.69, 9.17) is 23.2 Å². The van der Waals surface area contributed by atoms with Gasteiger partial charge in [-0.1, -0.05) is 23.2 Å². The average molecular weight is 347 g/mol. The molecule has 0 bridgehead atoms. The lowest BCUT2D eigenvalue weighted by atomic mass is 10.3. The standard InChI is InChI=1S/C12H8Cl2N2O4S/c13-8-1-4-10(5-2-8)21(19,20)15-11-6-3-9(14)7-12(11)16(17)18/h1-7,15H. The smallest absolute Gasteiger partial charge is 0.273 e. The molecule has 1 N–H and O–H groups in total. The summed E-state index contributed by atoms with van der Waals surface area (Å²) < 4.78 is 26.5. The zero-order chi connectivity index (χ0) is 15.6. The van der Waals surface area contributed by atoms with Crippen LogP contribution in [0.5, 0.6) is 0 Å². The van der Waals surface area contributed by atoms with Crippen LogP contribution in [0.3, 0.4) is 0 Å². The van der Waals surface area contributed by atoms with E-state index < -0.39 is 20.6 Å². The molecule has 0 saturated carbocycles. The van der Waals surface area contributed by atoms with Crippen molar-refractivity contribution in [2.24, 2.45) is 0 Å². The third-order valence-corrected chi connectivity index (χ3v) is 4.39. The van der Waals surface area contributed by atoms with Crippen LogP contribution in [-0.2, 0) is 10.0 Å². The van der Waals surface area contributed by atoms with Gasteiger partial charge in [-0.2, -0.15) is 0 Å². The number of hydrogen-bond donors (Lipinski definition) is 1. The number of nitrogens with zero attached hydrogens (tertiary/aromatic N) is 1. The van der Waals surface area contributed by atoms with Gasteiger partial charge in [-0.05, 0) is 36.4 Å². The molecule has 0 atom stereocenters. The fourth-order valence-corrected chi connectivity index (χ4v) is 2.93. The summed E-state index contributed by atoms with van der Waals surface area (Å²) in [7, 11) is -3.96. The highest BCUT2D eigenvalue weighted by molar-refractivity contribution is 7.92. The Morgan fingerprint density at radius 2 is 1.57 bits per heavy atom. The lowest BCUT2D eigenvalue weighted by molar-refractivity contribution is -0.383. The summed E-state index contributed by atoms with van der Waals surface area (Å²) in [5.74, 6) is 0. The normalized spacial score (nSPS) is 11.1. The zero-order valence-corrected chi connectivity index (χ0v) is 12.6. The molecule has 0 aliphatic carbocycles. The van der Waals surface area contributed by atoms with Crippen LogP contribution in [0, 0.1) is 10.1 Å². The van der Waals surface area contributed by atoms with Gasteiger partial charge in [0.05, 0.1) is 9.82 Å². The zero-order valence-electron chi connectivity index (χ0n) is 10.3. The van der Waals surface area contributed by atoms with Crippen LogP contribution in [0.15, 0.2) is 47.4 Å². The van der Waals surface area contributed by atoms with Crippen LogP contribution in [-0.4, -0.2) is 13.3 Å². The van der Waals surface area contributed by atoms with Crippen molar-refractivity contribution in [2.75, 3.05) is 4.72 Å². The maximum atomic E-state index is 12.2. The predicted molar refractivity (Wildman–Crippen MR) is 80.4 cm³/mol. The van der Waals surface area contributed by atoms with E-state index in [1.807, 2.05) is 0 Å². The van der Waals surface area contributed by atoms with Crippen LogP contribution in [0.4, 0.5) is 11.4 Å². The maximum absolute atomic E-state index is 12.2. The summed E-state index contributed by atoms with van der Waals surface area (Å²) in [6.07, 6.45) is 0. The topological polar surface area (TPSA) is 89.3 Å². The Balaban J connectivity index is 2.41. The van der Waals surface area contributed by atoms with Crippen molar-refractivity contribution in [2.45, 2.75) is 4.90 Å². The first-order valence-electron chi connectivity index (χ1n) is 5.52. The molecule has 6 nitrogen and oxygen atoms in total. The Labute approximate surface area is 130 Å². The summed E-state index contributed by atoms with van der Waals surface area (Å²) in [4.78, 5) is 10.2. The van der Waals surface area contributed by atoms with Crippen LogP contribution >= 0.6 is 23.2 Å². The molecule has 2 aromatic carbocycles. The Hall–Kier alpha value is -1.83. The molecule has 0 aliphatic heterocycles. The minimum Gasteiger partial charge on any atom is -0.273 e. The number of nitro groups is 1. The van der Waals surface area contributed by atoms with Crippen molar-refractivity contribution in [3.63, 3.8) is 0 Å². The predicted octanol–water partition coefficient (Wildman–Crippen LogP) is 3.70. The van der Waals surface area contributed by atoms with Crippen molar-refractivity contribution in [1.82, 2.24) is 0 Å². The number of rotatable bonds is 4. The number of nitro benzene ring substituents is 1. The third kappa shape index (κ3) is 3.63. The van der Waals surface area contributed by atoms with Crippen molar-refractivity contribution in [3.05, 3.63) is 62.6 Å². The van der Waals surface area contributed by atoms with Gasteiger partial charge >= 0.3 is 0 Å². The summed E-state index contributed by atoms with van der Waals surface area (Å²) in [5.41, 5.74) is -0.598. The van der Waals surface area contributed by atoms with Gasteiger partial charge in [0, 0.05) is 16.1 Å². The van der Waals surface area contributed by atoms with Gasteiger partial charge in [0.2, 0.25) is 0 Å². The highest BCUT2D eigenvalue weighted by Crippen LogP contribution is 2.29. The summed E-state index contributed by atoms with van der Waals surface area (Å²) in [6, 6.07) is 9.07. The first kappa shape index (κ1) is 15.6. The fourth-order valence-electron chi connectivity index (χ4n) is 1.56. The molecule has 0 aliphatic rings. The highest BCUT2D eigenvalue weighted by atomic mass is 35.5. The third-order valence-electron chi connectivity index (χ3n) is 2.52. The molecule has 0 heterocycles. The monoisotopic (exact) mass is 346 g/mol. The second-order valence-corrected chi connectivity index (χ2v) is 6.53. The van der Waals surface area contributed by atoms with Gasteiger partial charge in [0.25, 0.3) is 15.7 Å². The van der Waals surface area contributed by atoms with Gasteiger partial charge in [-0.15, -0.1) is 0 Å². The molecule has 21 heavy (non-hydrogen) atoms. The molecule has 0 fully saturated rings. The van der Waals surface area contributed by atoms with E-state index >= 15 is 0 Å². The number of sulfonamides is 1. The minimum atomic E-state index is -3.96. The van der Waals surface area contributed by atoms with Gasteiger partial charge < -0.3 is 0 Å². The van der Waals surface area contributed by atoms with Crippen molar-refractivity contribution < 1.29 is 13.3 Å². The molecule has 0 unspecified atom stereocenters. The Morgan fingerprint density at radius 3 is 2.14 bits per heavy atom. The molecular weight excluding hydrogens is 339 g/mol. The number of halogens is 2.